The fourth-order valence-corrected chi connectivity index (χ4v) is 2.30. The van der Waals surface area contributed by atoms with Gasteiger partial charge in [0, 0.05) is 38.1 Å². The Bertz CT molecular complexity index is 538. The molecule has 0 amide bonds. The predicted octanol–water partition coefficient (Wildman–Crippen LogP) is 2.51. The van der Waals surface area contributed by atoms with Crippen LogP contribution in [-0.2, 0) is 26.6 Å². The largest absolute Gasteiger partial charge is 0.351 e. The molecule has 0 aliphatic carbocycles. The van der Waals surface area contributed by atoms with Crippen molar-refractivity contribution in [2.75, 3.05) is 5.32 Å². The van der Waals surface area contributed by atoms with E-state index in [1.54, 1.807) is 0 Å². The van der Waals surface area contributed by atoms with Crippen molar-refractivity contribution in [3.63, 3.8) is 0 Å². The third-order valence-electron chi connectivity index (χ3n) is 3.13. The molecule has 0 unspecified atom stereocenters. The number of aryl methyl sites for hydroxylation is 4. The molecule has 104 valence electrons. The van der Waals surface area contributed by atoms with Crippen LogP contribution >= 0.6 is 0 Å². The lowest BCUT2D eigenvalue weighted by Crippen LogP contribution is -2.07. The van der Waals surface area contributed by atoms with E-state index in [2.05, 4.69) is 46.2 Å². The van der Waals surface area contributed by atoms with Crippen molar-refractivity contribution in [2.24, 2.45) is 7.05 Å². The van der Waals surface area contributed by atoms with Crippen molar-refractivity contribution in [2.45, 2.75) is 46.7 Å². The minimum Gasteiger partial charge on any atom is -0.351 e. The van der Waals surface area contributed by atoms with Crippen molar-refractivity contribution >= 4 is 5.95 Å². The first-order valence-corrected chi connectivity index (χ1v) is 6.93. The molecule has 0 saturated carbocycles. The first-order chi connectivity index (χ1) is 9.13. The van der Waals surface area contributed by atoms with Gasteiger partial charge in [0.15, 0.2) is 0 Å². The van der Waals surface area contributed by atoms with Gasteiger partial charge in [0.25, 0.3) is 0 Å². The van der Waals surface area contributed by atoms with Gasteiger partial charge >= 0.3 is 0 Å². The maximum atomic E-state index is 4.53. The smallest absolute Gasteiger partial charge is 0.203 e. The highest BCUT2D eigenvalue weighted by molar-refractivity contribution is 5.31. The van der Waals surface area contributed by atoms with Crippen LogP contribution < -0.4 is 5.32 Å². The topological polar surface area (TPSA) is 47.7 Å². The molecule has 0 aromatic carbocycles. The molecule has 0 spiro atoms. The van der Waals surface area contributed by atoms with Crippen LogP contribution in [0.4, 0.5) is 5.95 Å². The second kappa shape index (κ2) is 5.91. The van der Waals surface area contributed by atoms with E-state index in [-0.39, 0.29) is 0 Å². The molecular weight excluding hydrogens is 238 g/mol. The van der Waals surface area contributed by atoms with Gasteiger partial charge in [0.05, 0.1) is 11.4 Å². The maximum absolute atomic E-state index is 4.53. The van der Waals surface area contributed by atoms with Crippen molar-refractivity contribution in [3.05, 3.63) is 29.3 Å². The van der Waals surface area contributed by atoms with E-state index < -0.39 is 0 Å². The average Bonchev–Trinajstić information content (AvgIpc) is 2.90. The number of anilines is 1. The quantitative estimate of drug-likeness (QED) is 0.869. The third kappa shape index (κ3) is 3.16. The summed E-state index contributed by atoms with van der Waals surface area (Å²) >= 11 is 0. The lowest BCUT2D eigenvalue weighted by molar-refractivity contribution is 0.681. The van der Waals surface area contributed by atoms with E-state index in [4.69, 9.17) is 0 Å². The van der Waals surface area contributed by atoms with E-state index in [0.29, 0.717) is 0 Å². The molecule has 0 saturated heterocycles. The summed E-state index contributed by atoms with van der Waals surface area (Å²) in [7, 11) is 1.96. The first kappa shape index (κ1) is 13.6. The average molecular weight is 261 g/mol. The first-order valence-electron chi connectivity index (χ1n) is 6.93. The zero-order valence-electron chi connectivity index (χ0n) is 12.3. The molecule has 2 rings (SSSR count). The van der Waals surface area contributed by atoms with Gasteiger partial charge in [-0.15, -0.1) is 0 Å². The van der Waals surface area contributed by atoms with E-state index in [9.17, 15) is 0 Å². The summed E-state index contributed by atoms with van der Waals surface area (Å²) in [5.41, 5.74) is 3.45. The summed E-state index contributed by atoms with van der Waals surface area (Å²) in [6.45, 7) is 8.11. The zero-order valence-corrected chi connectivity index (χ0v) is 12.3. The van der Waals surface area contributed by atoms with Crippen LogP contribution in [0.1, 0.15) is 37.2 Å². The van der Waals surface area contributed by atoms with Crippen LogP contribution in [0, 0.1) is 6.92 Å². The molecular formula is C14H23N5. The molecule has 0 aliphatic rings. The summed E-state index contributed by atoms with van der Waals surface area (Å²) in [6.07, 6.45) is 6.24. The van der Waals surface area contributed by atoms with Gasteiger partial charge in [-0.05, 0) is 19.8 Å². The lowest BCUT2D eigenvalue weighted by Gasteiger charge is -2.08. The zero-order chi connectivity index (χ0) is 13.8. The maximum Gasteiger partial charge on any atom is 0.203 e. The highest BCUT2D eigenvalue weighted by Gasteiger charge is 2.08. The molecule has 0 aliphatic heterocycles. The van der Waals surface area contributed by atoms with Gasteiger partial charge in [-0.25, -0.2) is 4.98 Å². The number of imidazole rings is 1. The molecule has 2 heterocycles. The third-order valence-corrected chi connectivity index (χ3v) is 3.13. The molecule has 19 heavy (non-hydrogen) atoms. The van der Waals surface area contributed by atoms with Gasteiger partial charge in [-0.1, -0.05) is 13.8 Å². The summed E-state index contributed by atoms with van der Waals surface area (Å²) in [6, 6.07) is 0. The van der Waals surface area contributed by atoms with E-state index >= 15 is 0 Å². The Hall–Kier alpha value is -1.78. The van der Waals surface area contributed by atoms with Gasteiger partial charge < -0.3 is 9.88 Å². The molecule has 0 bridgehead atoms. The Morgan fingerprint density at radius 1 is 1.26 bits per heavy atom. The van der Waals surface area contributed by atoms with Gasteiger partial charge in [0.2, 0.25) is 5.95 Å². The predicted molar refractivity (Wildman–Crippen MR) is 77.2 cm³/mol. The fraction of sp³-hybridized carbons (Fsp3) is 0.571. The number of hydrogen-bond donors (Lipinski definition) is 1. The Morgan fingerprint density at radius 2 is 2.05 bits per heavy atom. The Labute approximate surface area is 114 Å². The number of aromatic nitrogens is 4. The normalized spacial score (nSPS) is 10.9. The van der Waals surface area contributed by atoms with Gasteiger partial charge in [0.1, 0.15) is 0 Å². The van der Waals surface area contributed by atoms with Crippen LogP contribution in [-0.4, -0.2) is 19.3 Å². The monoisotopic (exact) mass is 261 g/mol. The summed E-state index contributed by atoms with van der Waals surface area (Å²) in [5.74, 6) is 0.949. The standard InChI is InChI=1S/C14H23N5/c1-5-7-19-9-11(3)16-14(19)15-8-12-10-18(4)17-13(12)6-2/h9-10H,5-8H2,1-4H3,(H,15,16). The molecule has 5 nitrogen and oxygen atoms in total. The van der Waals surface area contributed by atoms with Crippen LogP contribution in [0.15, 0.2) is 12.4 Å². The Kier molecular flexibility index (Phi) is 4.24. The second-order valence-corrected chi connectivity index (χ2v) is 4.88. The SMILES string of the molecule is CCCn1cc(C)nc1NCc1cn(C)nc1CC. The van der Waals surface area contributed by atoms with E-state index in [1.807, 2.05) is 18.7 Å². The number of nitrogens with one attached hydrogen (secondary N) is 1. The number of hydrogen-bond acceptors (Lipinski definition) is 3. The Morgan fingerprint density at radius 3 is 2.74 bits per heavy atom. The van der Waals surface area contributed by atoms with Crippen LogP contribution in [0.3, 0.4) is 0 Å². The second-order valence-electron chi connectivity index (χ2n) is 4.88. The van der Waals surface area contributed by atoms with Crippen molar-refractivity contribution in [3.8, 4) is 0 Å². The van der Waals surface area contributed by atoms with Crippen molar-refractivity contribution < 1.29 is 0 Å². The molecule has 2 aromatic rings. The lowest BCUT2D eigenvalue weighted by atomic mass is 10.2. The molecule has 0 radical (unpaired) electrons. The van der Waals surface area contributed by atoms with Crippen LogP contribution in [0.2, 0.25) is 0 Å². The summed E-state index contributed by atoms with van der Waals surface area (Å²) < 4.78 is 4.05. The molecule has 5 heteroatoms. The highest BCUT2D eigenvalue weighted by atomic mass is 15.3. The fourth-order valence-electron chi connectivity index (χ4n) is 2.30. The number of nitrogens with zero attached hydrogens (tertiary/aromatic N) is 4. The minimum atomic E-state index is 0.775. The Balaban J connectivity index is 2.09. The van der Waals surface area contributed by atoms with Gasteiger partial charge in [-0.2, -0.15) is 5.10 Å². The van der Waals surface area contributed by atoms with Gasteiger partial charge in [-0.3, -0.25) is 4.68 Å². The molecule has 2 aromatic heterocycles. The highest BCUT2D eigenvalue weighted by Crippen LogP contribution is 2.13. The summed E-state index contributed by atoms with van der Waals surface area (Å²) in [4.78, 5) is 4.53. The molecule has 1 N–H and O–H groups in total. The minimum absolute atomic E-state index is 0.775. The van der Waals surface area contributed by atoms with Crippen LogP contribution in [0.25, 0.3) is 0 Å². The van der Waals surface area contributed by atoms with E-state index in [0.717, 1.165) is 43.3 Å². The molecule has 0 atom stereocenters. The van der Waals surface area contributed by atoms with E-state index in [1.165, 1.54) is 5.56 Å². The van der Waals surface area contributed by atoms with Crippen molar-refractivity contribution in [1.29, 1.82) is 0 Å². The van der Waals surface area contributed by atoms with Crippen molar-refractivity contribution in [1.82, 2.24) is 19.3 Å². The van der Waals surface area contributed by atoms with Crippen LogP contribution in [0.5, 0.6) is 0 Å². The summed E-state index contributed by atoms with van der Waals surface area (Å²) in [5, 5.41) is 7.88. The molecule has 0 fully saturated rings. The number of rotatable bonds is 6.